The quantitative estimate of drug-likeness (QED) is 0.808. The summed E-state index contributed by atoms with van der Waals surface area (Å²) in [6, 6.07) is 7.72. The van der Waals surface area contributed by atoms with Gasteiger partial charge < -0.3 is 9.64 Å². The highest BCUT2D eigenvalue weighted by atomic mass is 16.5. The number of anilines is 1. The van der Waals surface area contributed by atoms with Gasteiger partial charge in [0.2, 0.25) is 5.91 Å². The number of nitrogens with zero attached hydrogens (tertiary/aromatic N) is 5. The highest BCUT2D eigenvalue weighted by molar-refractivity contribution is 5.93. The summed E-state index contributed by atoms with van der Waals surface area (Å²) in [5.41, 5.74) is 0.873. The van der Waals surface area contributed by atoms with E-state index >= 15 is 0 Å². The van der Waals surface area contributed by atoms with Crippen LogP contribution in [0.4, 0.5) is 5.69 Å². The van der Waals surface area contributed by atoms with Crippen LogP contribution in [0.15, 0.2) is 30.6 Å². The lowest BCUT2D eigenvalue weighted by molar-refractivity contribution is -0.119. The maximum absolute atomic E-state index is 12.7. The van der Waals surface area contributed by atoms with E-state index in [2.05, 4.69) is 22.4 Å². The zero-order chi connectivity index (χ0) is 15.5. The van der Waals surface area contributed by atoms with Gasteiger partial charge in [0.05, 0.1) is 7.11 Å². The maximum Gasteiger partial charge on any atom is 0.249 e. The van der Waals surface area contributed by atoms with E-state index in [9.17, 15) is 4.79 Å². The summed E-state index contributed by atoms with van der Waals surface area (Å²) in [6.07, 6.45) is 3.80. The topological polar surface area (TPSA) is 73.1 Å². The van der Waals surface area contributed by atoms with Crippen molar-refractivity contribution in [3.63, 3.8) is 0 Å². The molecule has 0 spiro atoms. The maximum atomic E-state index is 12.7. The Kier molecular flexibility index (Phi) is 4.04. The smallest absolute Gasteiger partial charge is 0.249 e. The molecule has 7 heteroatoms. The van der Waals surface area contributed by atoms with Crippen molar-refractivity contribution in [1.82, 2.24) is 20.2 Å². The fourth-order valence-corrected chi connectivity index (χ4v) is 2.61. The van der Waals surface area contributed by atoms with Crippen LogP contribution >= 0.6 is 0 Å². The van der Waals surface area contributed by atoms with E-state index in [1.165, 1.54) is 23.9 Å². The summed E-state index contributed by atoms with van der Waals surface area (Å²) in [7, 11) is 1.63. The van der Waals surface area contributed by atoms with Gasteiger partial charge in [-0.3, -0.25) is 4.79 Å². The molecule has 22 heavy (non-hydrogen) atoms. The Balaban J connectivity index is 1.83. The molecule has 7 nitrogen and oxygen atoms in total. The Hall–Kier alpha value is -2.44. The molecule has 1 aromatic heterocycles. The van der Waals surface area contributed by atoms with Crippen molar-refractivity contribution < 1.29 is 9.53 Å². The molecule has 1 aliphatic carbocycles. The second-order valence-electron chi connectivity index (χ2n) is 5.55. The van der Waals surface area contributed by atoms with Gasteiger partial charge in [0.1, 0.15) is 18.6 Å². The minimum atomic E-state index is -0.0168. The molecule has 1 aliphatic rings. The van der Waals surface area contributed by atoms with Crippen molar-refractivity contribution in [2.75, 3.05) is 12.0 Å². The van der Waals surface area contributed by atoms with Gasteiger partial charge in [-0.2, -0.15) is 0 Å². The number of carbonyl (C=O) groups is 1. The number of aromatic nitrogens is 4. The predicted molar refractivity (Wildman–Crippen MR) is 80.5 cm³/mol. The fraction of sp³-hybridized carbons (Fsp3) is 0.467. The van der Waals surface area contributed by atoms with Crippen LogP contribution in [-0.4, -0.2) is 39.3 Å². The average Bonchev–Trinajstić information content (AvgIpc) is 3.27. The molecule has 3 rings (SSSR count). The molecule has 2 aromatic rings. The molecule has 0 N–H and O–H groups in total. The number of hydrogen-bond acceptors (Lipinski definition) is 5. The third-order valence-corrected chi connectivity index (χ3v) is 4.02. The zero-order valence-corrected chi connectivity index (χ0v) is 12.7. The molecule has 116 valence electrons. The fourth-order valence-electron chi connectivity index (χ4n) is 2.61. The van der Waals surface area contributed by atoms with E-state index in [1.807, 2.05) is 29.2 Å². The first-order valence-corrected chi connectivity index (χ1v) is 7.36. The van der Waals surface area contributed by atoms with Gasteiger partial charge in [0.15, 0.2) is 0 Å². The molecular weight excluding hydrogens is 282 g/mol. The number of ether oxygens (including phenoxy) is 1. The second kappa shape index (κ2) is 6.13. The highest BCUT2D eigenvalue weighted by Gasteiger charge is 2.35. The van der Waals surface area contributed by atoms with Crippen LogP contribution in [0, 0.1) is 5.92 Å². The first-order chi connectivity index (χ1) is 10.7. The third kappa shape index (κ3) is 3.08. The van der Waals surface area contributed by atoms with Crippen molar-refractivity contribution in [3.8, 4) is 5.75 Å². The summed E-state index contributed by atoms with van der Waals surface area (Å²) < 4.78 is 6.62. The number of methoxy groups -OCH3 is 1. The van der Waals surface area contributed by atoms with Gasteiger partial charge in [-0.25, -0.2) is 4.68 Å². The molecule has 0 saturated heterocycles. The van der Waals surface area contributed by atoms with E-state index in [-0.39, 0.29) is 18.5 Å². The Labute approximate surface area is 128 Å². The molecule has 0 aliphatic heterocycles. The standard InChI is InChI=1S/C15H19N5O2/c1-11(12-3-4-12)20(13-5-7-14(22-2)8-6-13)15(21)9-19-10-16-17-18-19/h5-8,10-12H,3-4,9H2,1-2H3/t11-/m0/s1. The number of hydrogen-bond donors (Lipinski definition) is 0. The van der Waals surface area contributed by atoms with Crippen molar-refractivity contribution in [1.29, 1.82) is 0 Å². The van der Waals surface area contributed by atoms with Crippen LogP contribution < -0.4 is 9.64 Å². The lowest BCUT2D eigenvalue weighted by atomic mass is 10.1. The minimum absolute atomic E-state index is 0.0168. The molecule has 0 bridgehead atoms. The van der Waals surface area contributed by atoms with Gasteiger partial charge in [-0.1, -0.05) is 0 Å². The van der Waals surface area contributed by atoms with Crippen LogP contribution in [0.5, 0.6) is 5.75 Å². The molecule has 1 heterocycles. The SMILES string of the molecule is COc1ccc(N(C(=O)Cn2cnnn2)[C@@H](C)C2CC2)cc1. The minimum Gasteiger partial charge on any atom is -0.497 e. The van der Waals surface area contributed by atoms with Crippen molar-refractivity contribution in [2.24, 2.45) is 5.92 Å². The van der Waals surface area contributed by atoms with E-state index in [4.69, 9.17) is 4.74 Å². The molecule has 0 radical (unpaired) electrons. The Morgan fingerprint density at radius 3 is 2.68 bits per heavy atom. The predicted octanol–water partition coefficient (Wildman–Crippen LogP) is 1.51. The molecule has 0 unspecified atom stereocenters. The highest BCUT2D eigenvalue weighted by Crippen LogP contribution is 2.37. The lowest BCUT2D eigenvalue weighted by Gasteiger charge is -2.29. The van der Waals surface area contributed by atoms with E-state index < -0.39 is 0 Å². The van der Waals surface area contributed by atoms with Gasteiger partial charge in [0.25, 0.3) is 0 Å². The first kappa shape index (κ1) is 14.5. The Morgan fingerprint density at radius 2 is 2.14 bits per heavy atom. The van der Waals surface area contributed by atoms with Gasteiger partial charge in [0, 0.05) is 11.7 Å². The van der Waals surface area contributed by atoms with Crippen LogP contribution in [0.1, 0.15) is 19.8 Å². The molecule has 1 aromatic carbocycles. The Morgan fingerprint density at radius 1 is 1.41 bits per heavy atom. The monoisotopic (exact) mass is 301 g/mol. The van der Waals surface area contributed by atoms with E-state index in [0.717, 1.165) is 11.4 Å². The normalized spacial score (nSPS) is 15.4. The summed E-state index contributed by atoms with van der Waals surface area (Å²) >= 11 is 0. The molecule has 1 amide bonds. The van der Waals surface area contributed by atoms with Crippen LogP contribution in [0.2, 0.25) is 0 Å². The summed E-state index contributed by atoms with van der Waals surface area (Å²) in [4.78, 5) is 14.6. The van der Waals surface area contributed by atoms with Gasteiger partial charge in [-0.15, -0.1) is 5.10 Å². The largest absolute Gasteiger partial charge is 0.497 e. The number of amides is 1. The summed E-state index contributed by atoms with van der Waals surface area (Å²) in [5, 5.41) is 10.9. The third-order valence-electron chi connectivity index (χ3n) is 4.02. The first-order valence-electron chi connectivity index (χ1n) is 7.36. The zero-order valence-electron chi connectivity index (χ0n) is 12.7. The molecule has 1 saturated carbocycles. The van der Waals surface area contributed by atoms with Gasteiger partial charge in [-0.05, 0) is 60.4 Å². The molecular formula is C15H19N5O2. The molecule has 1 atom stereocenters. The lowest BCUT2D eigenvalue weighted by Crippen LogP contribution is -2.42. The van der Waals surface area contributed by atoms with E-state index in [1.54, 1.807) is 7.11 Å². The van der Waals surface area contributed by atoms with Crippen LogP contribution in [0.3, 0.4) is 0 Å². The number of tetrazole rings is 1. The molecule has 1 fully saturated rings. The van der Waals surface area contributed by atoms with Gasteiger partial charge >= 0.3 is 0 Å². The van der Waals surface area contributed by atoms with Crippen LogP contribution in [0.25, 0.3) is 0 Å². The number of benzene rings is 1. The second-order valence-corrected chi connectivity index (χ2v) is 5.55. The summed E-state index contributed by atoms with van der Waals surface area (Å²) in [6.45, 7) is 2.23. The van der Waals surface area contributed by atoms with Crippen molar-refractivity contribution in [3.05, 3.63) is 30.6 Å². The van der Waals surface area contributed by atoms with E-state index in [0.29, 0.717) is 5.92 Å². The number of rotatable bonds is 6. The number of carbonyl (C=O) groups excluding carboxylic acids is 1. The summed E-state index contributed by atoms with van der Waals surface area (Å²) in [5.74, 6) is 1.33. The van der Waals surface area contributed by atoms with Crippen molar-refractivity contribution in [2.45, 2.75) is 32.4 Å². The Bertz CT molecular complexity index is 622. The average molecular weight is 301 g/mol. The van der Waals surface area contributed by atoms with Crippen LogP contribution in [-0.2, 0) is 11.3 Å². The van der Waals surface area contributed by atoms with Crippen molar-refractivity contribution >= 4 is 11.6 Å².